The van der Waals surface area contributed by atoms with Gasteiger partial charge in [-0.2, -0.15) is 0 Å². The molecule has 3 heteroatoms. The molecule has 0 radical (unpaired) electrons. The Bertz CT molecular complexity index is 309. The number of likely N-dealkylation sites (N-methyl/N-ethyl adjacent to an activating group) is 1. The van der Waals surface area contributed by atoms with E-state index in [1.165, 1.54) is 5.56 Å². The van der Waals surface area contributed by atoms with Crippen LogP contribution in [0.25, 0.3) is 0 Å². The molecule has 0 aromatic heterocycles. The van der Waals surface area contributed by atoms with Gasteiger partial charge < -0.3 is 15.0 Å². The van der Waals surface area contributed by atoms with Crippen molar-refractivity contribution in [1.82, 2.24) is 10.2 Å². The van der Waals surface area contributed by atoms with Gasteiger partial charge in [-0.1, -0.05) is 30.3 Å². The van der Waals surface area contributed by atoms with Gasteiger partial charge in [0.1, 0.15) is 0 Å². The number of hydrogen-bond acceptors (Lipinski definition) is 3. The molecule has 1 atom stereocenters. The fourth-order valence-electron chi connectivity index (χ4n) is 1.92. The van der Waals surface area contributed by atoms with Crippen molar-refractivity contribution in [3.05, 3.63) is 35.9 Å². The zero-order chi connectivity index (χ0) is 11.4. The minimum atomic E-state index is 0.394. The van der Waals surface area contributed by atoms with Gasteiger partial charge in [0.05, 0.1) is 19.3 Å². The van der Waals surface area contributed by atoms with Crippen LogP contribution in [0.15, 0.2) is 30.3 Å². The average Bonchev–Trinajstić information content (AvgIpc) is 2.22. The second-order valence-electron chi connectivity index (χ2n) is 4.63. The first kappa shape index (κ1) is 11.6. The zero-order valence-corrected chi connectivity index (χ0v) is 10.0. The van der Waals surface area contributed by atoms with E-state index in [1.54, 1.807) is 0 Å². The molecule has 1 saturated heterocycles. The summed E-state index contributed by atoms with van der Waals surface area (Å²) in [5.74, 6) is 0. The standard InChI is InChI=1S/C13H20N2O/c1-15(2)8-13(14-12-9-16-10-12)11-6-4-3-5-7-11/h3-7,12-14H,8-10H2,1-2H3. The van der Waals surface area contributed by atoms with Crippen LogP contribution in [0.1, 0.15) is 11.6 Å². The highest BCUT2D eigenvalue weighted by molar-refractivity contribution is 5.19. The van der Waals surface area contributed by atoms with E-state index in [-0.39, 0.29) is 0 Å². The quantitative estimate of drug-likeness (QED) is 0.809. The lowest BCUT2D eigenvalue weighted by Crippen LogP contribution is -2.49. The highest BCUT2D eigenvalue weighted by Crippen LogP contribution is 2.16. The lowest BCUT2D eigenvalue weighted by atomic mass is 10.0. The maximum atomic E-state index is 5.20. The van der Waals surface area contributed by atoms with Crippen LogP contribution >= 0.6 is 0 Å². The van der Waals surface area contributed by atoms with Gasteiger partial charge in [0.2, 0.25) is 0 Å². The van der Waals surface area contributed by atoms with E-state index in [1.807, 2.05) is 0 Å². The Morgan fingerprint density at radius 2 is 2.00 bits per heavy atom. The Morgan fingerprint density at radius 1 is 1.31 bits per heavy atom. The normalized spacial score (nSPS) is 18.4. The van der Waals surface area contributed by atoms with Crippen molar-refractivity contribution in [3.63, 3.8) is 0 Å². The molecule has 0 aliphatic carbocycles. The molecule has 1 aromatic carbocycles. The van der Waals surface area contributed by atoms with Crippen LogP contribution in [-0.4, -0.2) is 44.8 Å². The van der Waals surface area contributed by atoms with Crippen molar-refractivity contribution in [1.29, 1.82) is 0 Å². The minimum Gasteiger partial charge on any atom is -0.378 e. The molecule has 0 amide bonds. The van der Waals surface area contributed by atoms with Crippen LogP contribution in [0.3, 0.4) is 0 Å². The van der Waals surface area contributed by atoms with Crippen LogP contribution in [0.2, 0.25) is 0 Å². The van der Waals surface area contributed by atoms with Gasteiger partial charge >= 0.3 is 0 Å². The summed E-state index contributed by atoms with van der Waals surface area (Å²) in [5, 5.41) is 3.63. The van der Waals surface area contributed by atoms with Gasteiger partial charge in [-0.05, 0) is 19.7 Å². The number of rotatable bonds is 5. The molecule has 0 bridgehead atoms. The summed E-state index contributed by atoms with van der Waals surface area (Å²) in [6.07, 6.45) is 0. The Balaban J connectivity index is 2.01. The fourth-order valence-corrected chi connectivity index (χ4v) is 1.92. The summed E-state index contributed by atoms with van der Waals surface area (Å²) < 4.78 is 5.20. The monoisotopic (exact) mass is 220 g/mol. The van der Waals surface area contributed by atoms with Crippen molar-refractivity contribution < 1.29 is 4.74 Å². The van der Waals surface area contributed by atoms with E-state index >= 15 is 0 Å². The third-order valence-electron chi connectivity index (χ3n) is 2.82. The number of ether oxygens (including phenoxy) is 1. The van der Waals surface area contributed by atoms with E-state index in [4.69, 9.17) is 4.74 Å². The van der Waals surface area contributed by atoms with Crippen LogP contribution in [-0.2, 0) is 4.74 Å². The van der Waals surface area contributed by atoms with E-state index in [9.17, 15) is 0 Å². The summed E-state index contributed by atoms with van der Waals surface area (Å²) in [6.45, 7) is 2.70. The molecular weight excluding hydrogens is 200 g/mol. The van der Waals surface area contributed by atoms with Crippen molar-refractivity contribution in [2.75, 3.05) is 33.9 Å². The molecule has 1 heterocycles. The predicted molar refractivity (Wildman–Crippen MR) is 65.5 cm³/mol. The summed E-state index contributed by atoms with van der Waals surface area (Å²) in [5.41, 5.74) is 1.35. The molecule has 1 unspecified atom stereocenters. The molecule has 3 nitrogen and oxygen atoms in total. The molecule has 16 heavy (non-hydrogen) atoms. The molecule has 1 aromatic rings. The van der Waals surface area contributed by atoms with Gasteiger partial charge in [0.25, 0.3) is 0 Å². The molecule has 1 aliphatic rings. The summed E-state index contributed by atoms with van der Waals surface area (Å²) >= 11 is 0. The van der Waals surface area contributed by atoms with E-state index in [2.05, 4.69) is 54.6 Å². The predicted octanol–water partition coefficient (Wildman–Crippen LogP) is 1.28. The third-order valence-corrected chi connectivity index (χ3v) is 2.82. The summed E-state index contributed by atoms with van der Waals surface area (Å²) in [6, 6.07) is 11.5. The fraction of sp³-hybridized carbons (Fsp3) is 0.538. The van der Waals surface area contributed by atoms with Gasteiger partial charge in [-0.25, -0.2) is 0 Å². The number of benzene rings is 1. The number of nitrogens with one attached hydrogen (secondary N) is 1. The number of hydrogen-bond donors (Lipinski definition) is 1. The minimum absolute atomic E-state index is 0.394. The van der Waals surface area contributed by atoms with Crippen molar-refractivity contribution in [3.8, 4) is 0 Å². The second kappa shape index (κ2) is 5.43. The Hall–Kier alpha value is -0.900. The molecule has 88 valence electrons. The highest BCUT2D eigenvalue weighted by atomic mass is 16.5. The van der Waals surface area contributed by atoms with Crippen molar-refractivity contribution in [2.24, 2.45) is 0 Å². The van der Waals surface area contributed by atoms with Gasteiger partial charge in [-0.15, -0.1) is 0 Å². The van der Waals surface area contributed by atoms with E-state index in [0.717, 1.165) is 19.8 Å². The first-order valence-corrected chi connectivity index (χ1v) is 5.79. The maximum absolute atomic E-state index is 5.20. The topological polar surface area (TPSA) is 24.5 Å². The first-order valence-electron chi connectivity index (χ1n) is 5.79. The maximum Gasteiger partial charge on any atom is 0.0643 e. The average molecular weight is 220 g/mol. The Morgan fingerprint density at radius 3 is 2.50 bits per heavy atom. The molecule has 1 N–H and O–H groups in total. The molecule has 2 rings (SSSR count). The number of nitrogens with zero attached hydrogens (tertiary/aromatic N) is 1. The summed E-state index contributed by atoms with van der Waals surface area (Å²) in [7, 11) is 4.21. The Labute approximate surface area is 97.4 Å². The molecular formula is C13H20N2O. The molecule has 0 saturated carbocycles. The first-order chi connectivity index (χ1) is 7.75. The smallest absolute Gasteiger partial charge is 0.0643 e. The molecule has 1 aliphatic heterocycles. The van der Waals surface area contributed by atoms with Gasteiger partial charge in [0.15, 0.2) is 0 Å². The van der Waals surface area contributed by atoms with Crippen LogP contribution in [0, 0.1) is 0 Å². The van der Waals surface area contributed by atoms with Crippen molar-refractivity contribution in [2.45, 2.75) is 12.1 Å². The zero-order valence-electron chi connectivity index (χ0n) is 10.0. The van der Waals surface area contributed by atoms with Crippen molar-refractivity contribution >= 4 is 0 Å². The van der Waals surface area contributed by atoms with Crippen LogP contribution in [0.5, 0.6) is 0 Å². The lowest BCUT2D eigenvalue weighted by molar-refractivity contribution is -0.0113. The molecule has 1 fully saturated rings. The Kier molecular flexibility index (Phi) is 3.93. The highest BCUT2D eigenvalue weighted by Gasteiger charge is 2.23. The van der Waals surface area contributed by atoms with E-state index in [0.29, 0.717) is 12.1 Å². The summed E-state index contributed by atoms with van der Waals surface area (Å²) in [4.78, 5) is 2.21. The third kappa shape index (κ3) is 3.04. The van der Waals surface area contributed by atoms with Gasteiger partial charge in [0, 0.05) is 12.6 Å². The SMILES string of the molecule is CN(C)CC(NC1COC1)c1ccccc1. The van der Waals surface area contributed by atoms with Gasteiger partial charge in [-0.3, -0.25) is 0 Å². The second-order valence-corrected chi connectivity index (χ2v) is 4.63. The van der Waals surface area contributed by atoms with Crippen LogP contribution in [0.4, 0.5) is 0 Å². The molecule has 0 spiro atoms. The lowest BCUT2D eigenvalue weighted by Gasteiger charge is -2.33. The largest absolute Gasteiger partial charge is 0.378 e. The van der Waals surface area contributed by atoms with E-state index < -0.39 is 0 Å². The van der Waals surface area contributed by atoms with Crippen LogP contribution < -0.4 is 5.32 Å².